The highest BCUT2D eigenvalue weighted by atomic mass is 19.1. The molecular formula is C22H20F2N8O. The highest BCUT2D eigenvalue weighted by Gasteiger charge is 2.22. The monoisotopic (exact) mass is 450 g/mol. The van der Waals surface area contributed by atoms with Crippen LogP contribution in [0.1, 0.15) is 0 Å². The van der Waals surface area contributed by atoms with Crippen LogP contribution in [0.3, 0.4) is 0 Å². The summed E-state index contributed by atoms with van der Waals surface area (Å²) in [5, 5.41) is 7.50. The van der Waals surface area contributed by atoms with Crippen LogP contribution >= 0.6 is 0 Å². The molecule has 168 valence electrons. The van der Waals surface area contributed by atoms with Crippen molar-refractivity contribution >= 4 is 34.3 Å². The van der Waals surface area contributed by atoms with E-state index in [9.17, 15) is 13.6 Å². The molecule has 1 aliphatic heterocycles. The van der Waals surface area contributed by atoms with E-state index in [2.05, 4.69) is 35.2 Å². The van der Waals surface area contributed by atoms with E-state index in [4.69, 9.17) is 0 Å². The van der Waals surface area contributed by atoms with Gasteiger partial charge in [-0.25, -0.2) is 28.4 Å². The van der Waals surface area contributed by atoms with Gasteiger partial charge in [0.05, 0.1) is 11.6 Å². The number of nitrogens with one attached hydrogen (secondary N) is 1. The van der Waals surface area contributed by atoms with E-state index in [0.29, 0.717) is 5.65 Å². The summed E-state index contributed by atoms with van der Waals surface area (Å²) in [5.41, 5.74) is 0.544. The number of piperazine rings is 1. The maximum Gasteiger partial charge on any atom is 0.246 e. The predicted molar refractivity (Wildman–Crippen MR) is 119 cm³/mol. The molecule has 9 nitrogen and oxygen atoms in total. The summed E-state index contributed by atoms with van der Waals surface area (Å²) in [4.78, 5) is 30.0. The molecule has 4 heterocycles. The van der Waals surface area contributed by atoms with Gasteiger partial charge in [0, 0.05) is 44.1 Å². The Labute approximate surface area is 187 Å². The average molecular weight is 450 g/mol. The third-order valence-corrected chi connectivity index (χ3v) is 5.40. The fourth-order valence-electron chi connectivity index (χ4n) is 3.90. The van der Waals surface area contributed by atoms with Gasteiger partial charge >= 0.3 is 0 Å². The first-order valence-electron chi connectivity index (χ1n) is 10.4. The number of nitrogens with zero attached hydrogens (tertiary/aromatic N) is 7. The maximum absolute atomic E-state index is 13.4. The minimum atomic E-state index is -0.768. The molecule has 0 unspecified atom stereocenters. The molecule has 0 saturated carbocycles. The van der Waals surface area contributed by atoms with Crippen molar-refractivity contribution < 1.29 is 13.6 Å². The Morgan fingerprint density at radius 3 is 2.45 bits per heavy atom. The van der Waals surface area contributed by atoms with Crippen LogP contribution in [-0.2, 0) is 11.3 Å². The zero-order valence-electron chi connectivity index (χ0n) is 17.5. The van der Waals surface area contributed by atoms with Crippen molar-refractivity contribution in [1.29, 1.82) is 0 Å². The second-order valence-electron chi connectivity index (χ2n) is 7.61. The lowest BCUT2D eigenvalue weighted by atomic mass is 10.2. The summed E-state index contributed by atoms with van der Waals surface area (Å²) in [6, 6.07) is 8.70. The number of amides is 1. The molecule has 1 saturated heterocycles. The van der Waals surface area contributed by atoms with Gasteiger partial charge in [-0.3, -0.25) is 4.79 Å². The molecule has 1 aromatic carbocycles. The van der Waals surface area contributed by atoms with E-state index in [-0.39, 0.29) is 12.2 Å². The quantitative estimate of drug-likeness (QED) is 0.499. The average Bonchev–Trinajstić information content (AvgIpc) is 3.22. The van der Waals surface area contributed by atoms with Crippen LogP contribution in [0, 0.1) is 11.6 Å². The number of halogens is 2. The number of carbonyl (C=O) groups is 1. The molecule has 4 aromatic rings. The largest absolute Gasteiger partial charge is 0.353 e. The van der Waals surface area contributed by atoms with E-state index in [1.54, 1.807) is 12.4 Å². The first kappa shape index (κ1) is 20.7. The summed E-state index contributed by atoms with van der Waals surface area (Å²) in [6.45, 7) is 2.93. The molecule has 0 bridgehead atoms. The van der Waals surface area contributed by atoms with Crippen LogP contribution in [0.15, 0.2) is 55.1 Å². The second-order valence-corrected chi connectivity index (χ2v) is 7.61. The van der Waals surface area contributed by atoms with E-state index in [1.807, 2.05) is 18.2 Å². The topological polar surface area (TPSA) is 92.1 Å². The van der Waals surface area contributed by atoms with Crippen molar-refractivity contribution in [2.24, 2.45) is 0 Å². The Hall–Kier alpha value is -4.15. The van der Waals surface area contributed by atoms with Crippen molar-refractivity contribution in [3.05, 3.63) is 66.8 Å². The molecule has 1 N–H and O–H groups in total. The summed E-state index contributed by atoms with van der Waals surface area (Å²) < 4.78 is 28.2. The van der Waals surface area contributed by atoms with Crippen LogP contribution in [0.4, 0.5) is 26.1 Å². The minimum Gasteiger partial charge on any atom is -0.353 e. The normalized spacial score (nSPS) is 14.0. The smallest absolute Gasteiger partial charge is 0.246 e. The molecule has 0 atom stereocenters. The number of aromatic nitrogens is 5. The second kappa shape index (κ2) is 8.77. The van der Waals surface area contributed by atoms with Gasteiger partial charge in [-0.2, -0.15) is 5.10 Å². The lowest BCUT2D eigenvalue weighted by Gasteiger charge is -2.36. The summed E-state index contributed by atoms with van der Waals surface area (Å²) in [5.74, 6) is -0.318. The van der Waals surface area contributed by atoms with Gasteiger partial charge in [0.25, 0.3) is 0 Å². The van der Waals surface area contributed by atoms with E-state index >= 15 is 0 Å². The molecule has 1 amide bonds. The highest BCUT2D eigenvalue weighted by molar-refractivity contribution is 5.92. The Kier molecular flexibility index (Phi) is 5.51. The lowest BCUT2D eigenvalue weighted by Crippen LogP contribution is -2.47. The zero-order valence-corrected chi connectivity index (χ0v) is 17.5. The Morgan fingerprint density at radius 1 is 0.970 bits per heavy atom. The lowest BCUT2D eigenvalue weighted by molar-refractivity contribution is -0.116. The number of pyridine rings is 1. The number of benzene rings is 1. The molecule has 3 aromatic heterocycles. The molecule has 0 radical (unpaired) electrons. The van der Waals surface area contributed by atoms with Gasteiger partial charge in [-0.05, 0) is 24.3 Å². The van der Waals surface area contributed by atoms with Gasteiger partial charge in [-0.1, -0.05) is 6.07 Å². The fourth-order valence-corrected chi connectivity index (χ4v) is 3.90. The summed E-state index contributed by atoms with van der Waals surface area (Å²) >= 11 is 0. The van der Waals surface area contributed by atoms with Crippen LogP contribution in [-0.4, -0.2) is 56.8 Å². The number of hydrogen-bond acceptors (Lipinski definition) is 7. The SMILES string of the molecule is O=C(Cn1ncc2c(N3CCN(c4ccccn4)CC3)ncnc21)Nc1cc(F)cc(F)c1. The summed E-state index contributed by atoms with van der Waals surface area (Å²) in [6.07, 6.45) is 4.86. The maximum atomic E-state index is 13.4. The van der Waals surface area contributed by atoms with Crippen molar-refractivity contribution in [1.82, 2.24) is 24.7 Å². The van der Waals surface area contributed by atoms with Crippen LogP contribution in [0.2, 0.25) is 0 Å². The number of hydrogen-bond donors (Lipinski definition) is 1. The third-order valence-electron chi connectivity index (χ3n) is 5.40. The minimum absolute atomic E-state index is 0.0371. The Morgan fingerprint density at radius 2 is 1.73 bits per heavy atom. The molecule has 1 fully saturated rings. The standard InChI is InChI=1S/C22H20F2N8O/c23-15-9-16(24)11-17(10-15)29-20(33)13-32-22-18(12-28-32)21(26-14-27-22)31-7-5-30(6-8-31)19-3-1-2-4-25-19/h1-4,9-12,14H,5-8,13H2,(H,29,33). The summed E-state index contributed by atoms with van der Waals surface area (Å²) in [7, 11) is 0. The molecule has 0 aliphatic carbocycles. The van der Waals surface area contributed by atoms with Gasteiger partial charge in [0.15, 0.2) is 5.65 Å². The van der Waals surface area contributed by atoms with Crippen LogP contribution < -0.4 is 15.1 Å². The highest BCUT2D eigenvalue weighted by Crippen LogP contribution is 2.25. The van der Waals surface area contributed by atoms with Crippen LogP contribution in [0.5, 0.6) is 0 Å². The van der Waals surface area contributed by atoms with Crippen molar-refractivity contribution in [2.45, 2.75) is 6.54 Å². The molecule has 33 heavy (non-hydrogen) atoms. The molecule has 11 heteroatoms. The predicted octanol–water partition coefficient (Wildman–Crippen LogP) is 2.46. The molecular weight excluding hydrogens is 430 g/mol. The molecule has 1 aliphatic rings. The van der Waals surface area contributed by atoms with Gasteiger partial charge in [0.1, 0.15) is 36.1 Å². The zero-order chi connectivity index (χ0) is 22.8. The Bertz CT molecular complexity index is 1270. The third kappa shape index (κ3) is 4.43. The van der Waals surface area contributed by atoms with E-state index in [0.717, 1.165) is 61.4 Å². The van der Waals surface area contributed by atoms with Crippen molar-refractivity contribution in [3.63, 3.8) is 0 Å². The van der Waals surface area contributed by atoms with Gasteiger partial charge < -0.3 is 15.1 Å². The van der Waals surface area contributed by atoms with Crippen molar-refractivity contribution in [3.8, 4) is 0 Å². The first-order valence-corrected chi connectivity index (χ1v) is 10.4. The van der Waals surface area contributed by atoms with Crippen LogP contribution in [0.25, 0.3) is 11.0 Å². The number of rotatable bonds is 5. The molecule has 0 spiro atoms. The number of carbonyl (C=O) groups excluding carboxylic acids is 1. The van der Waals surface area contributed by atoms with Crippen molar-refractivity contribution in [2.75, 3.05) is 41.3 Å². The first-order chi connectivity index (χ1) is 16.1. The fraction of sp³-hybridized carbons (Fsp3) is 0.227. The van der Waals surface area contributed by atoms with E-state index in [1.165, 1.54) is 11.0 Å². The van der Waals surface area contributed by atoms with E-state index < -0.39 is 17.5 Å². The Balaban J connectivity index is 1.30. The van der Waals surface area contributed by atoms with Gasteiger partial charge in [0.2, 0.25) is 5.91 Å². The molecule has 5 rings (SSSR count). The number of anilines is 3. The number of fused-ring (bicyclic) bond motifs is 1. The van der Waals surface area contributed by atoms with Gasteiger partial charge in [-0.15, -0.1) is 0 Å².